The fourth-order valence-electron chi connectivity index (χ4n) is 1.59. The van der Waals surface area contributed by atoms with Gasteiger partial charge in [-0.3, -0.25) is 4.79 Å². The van der Waals surface area contributed by atoms with Crippen LogP contribution < -0.4 is 4.72 Å². The molecule has 1 heterocycles. The Labute approximate surface area is 89.4 Å². The molecule has 15 heavy (non-hydrogen) atoms. The quantitative estimate of drug-likeness (QED) is 0.691. The standard InChI is InChI=1S/C8H16N2O4S/c1-2-5-9-15(13,14)10-6-3-4-7(10)8(11)12/h7,9H,2-6H2,1H3,(H,11,12)/t7-/m0/s1. The SMILES string of the molecule is CCCNS(=O)(=O)N1CCC[C@H]1C(=O)O. The Morgan fingerprint density at radius 3 is 2.80 bits per heavy atom. The summed E-state index contributed by atoms with van der Waals surface area (Å²) in [6.45, 7) is 2.47. The van der Waals surface area contributed by atoms with Crippen LogP contribution in [0.5, 0.6) is 0 Å². The topological polar surface area (TPSA) is 86.7 Å². The first kappa shape index (κ1) is 12.4. The van der Waals surface area contributed by atoms with Gasteiger partial charge in [0, 0.05) is 13.1 Å². The van der Waals surface area contributed by atoms with Crippen molar-refractivity contribution in [2.75, 3.05) is 13.1 Å². The summed E-state index contributed by atoms with van der Waals surface area (Å²) in [7, 11) is -3.61. The Balaban J connectivity index is 2.73. The van der Waals surface area contributed by atoms with Gasteiger partial charge in [-0.05, 0) is 19.3 Å². The summed E-state index contributed by atoms with van der Waals surface area (Å²) in [6, 6.07) is -0.903. The van der Waals surface area contributed by atoms with E-state index in [1.165, 1.54) is 0 Å². The van der Waals surface area contributed by atoms with Crippen molar-refractivity contribution < 1.29 is 18.3 Å². The van der Waals surface area contributed by atoms with Gasteiger partial charge in [0.1, 0.15) is 6.04 Å². The molecule has 0 aromatic heterocycles. The van der Waals surface area contributed by atoms with Gasteiger partial charge in [0.2, 0.25) is 0 Å². The summed E-state index contributed by atoms with van der Waals surface area (Å²) >= 11 is 0. The van der Waals surface area contributed by atoms with Gasteiger partial charge < -0.3 is 5.11 Å². The van der Waals surface area contributed by atoms with Crippen molar-refractivity contribution in [1.82, 2.24) is 9.03 Å². The number of hydrogen-bond acceptors (Lipinski definition) is 3. The highest BCUT2D eigenvalue weighted by molar-refractivity contribution is 7.87. The van der Waals surface area contributed by atoms with Crippen molar-refractivity contribution in [3.63, 3.8) is 0 Å². The molecule has 1 atom stereocenters. The van der Waals surface area contributed by atoms with Crippen molar-refractivity contribution in [3.8, 4) is 0 Å². The lowest BCUT2D eigenvalue weighted by atomic mass is 10.2. The van der Waals surface area contributed by atoms with Gasteiger partial charge in [-0.2, -0.15) is 12.7 Å². The molecule has 1 aliphatic heterocycles. The van der Waals surface area contributed by atoms with Crippen LogP contribution in [0.2, 0.25) is 0 Å². The molecule has 1 fully saturated rings. The van der Waals surface area contributed by atoms with Crippen molar-refractivity contribution in [2.45, 2.75) is 32.2 Å². The third kappa shape index (κ3) is 2.90. The summed E-state index contributed by atoms with van der Waals surface area (Å²) < 4.78 is 26.7. The van der Waals surface area contributed by atoms with Gasteiger partial charge in [-0.1, -0.05) is 6.92 Å². The van der Waals surface area contributed by atoms with Gasteiger partial charge in [0.25, 0.3) is 10.2 Å². The molecule has 0 spiro atoms. The maximum atomic E-state index is 11.7. The van der Waals surface area contributed by atoms with E-state index in [0.29, 0.717) is 25.8 Å². The van der Waals surface area contributed by atoms with E-state index >= 15 is 0 Å². The van der Waals surface area contributed by atoms with E-state index < -0.39 is 22.2 Å². The summed E-state index contributed by atoms with van der Waals surface area (Å²) in [5, 5.41) is 8.84. The predicted octanol–water partition coefficient (Wildman–Crippen LogP) is -0.220. The average Bonchev–Trinajstić information content (AvgIpc) is 2.63. The smallest absolute Gasteiger partial charge is 0.322 e. The molecule has 0 bridgehead atoms. The third-order valence-corrected chi connectivity index (χ3v) is 3.96. The highest BCUT2D eigenvalue weighted by atomic mass is 32.2. The lowest BCUT2D eigenvalue weighted by molar-refractivity contribution is -0.140. The number of rotatable bonds is 5. The first-order valence-corrected chi connectivity index (χ1v) is 6.42. The lowest BCUT2D eigenvalue weighted by Gasteiger charge is -2.20. The van der Waals surface area contributed by atoms with Crippen LogP contribution in [0.1, 0.15) is 26.2 Å². The van der Waals surface area contributed by atoms with Crippen LogP contribution in [0.4, 0.5) is 0 Å². The number of carbonyl (C=O) groups is 1. The number of nitrogens with zero attached hydrogens (tertiary/aromatic N) is 1. The van der Waals surface area contributed by atoms with Crippen molar-refractivity contribution in [3.05, 3.63) is 0 Å². The first-order valence-electron chi connectivity index (χ1n) is 4.98. The van der Waals surface area contributed by atoms with Crippen LogP contribution in [-0.2, 0) is 15.0 Å². The zero-order valence-electron chi connectivity index (χ0n) is 8.64. The van der Waals surface area contributed by atoms with Crippen LogP contribution in [0.15, 0.2) is 0 Å². The number of nitrogens with one attached hydrogen (secondary N) is 1. The fourth-order valence-corrected chi connectivity index (χ4v) is 3.12. The Morgan fingerprint density at radius 2 is 2.27 bits per heavy atom. The molecule has 1 aliphatic rings. The highest BCUT2D eigenvalue weighted by Gasteiger charge is 2.38. The van der Waals surface area contributed by atoms with Gasteiger partial charge >= 0.3 is 5.97 Å². The number of carboxylic acids is 1. The van der Waals surface area contributed by atoms with Crippen LogP contribution in [0, 0.1) is 0 Å². The number of hydrogen-bond donors (Lipinski definition) is 2. The molecular formula is C8H16N2O4S. The predicted molar refractivity (Wildman–Crippen MR) is 54.6 cm³/mol. The largest absolute Gasteiger partial charge is 0.480 e. The van der Waals surface area contributed by atoms with Gasteiger partial charge in [-0.15, -0.1) is 0 Å². The van der Waals surface area contributed by atoms with Gasteiger partial charge in [0.15, 0.2) is 0 Å². The molecule has 6 nitrogen and oxygen atoms in total. The zero-order valence-corrected chi connectivity index (χ0v) is 9.46. The van der Waals surface area contributed by atoms with Crippen molar-refractivity contribution in [1.29, 1.82) is 0 Å². The third-order valence-electron chi connectivity index (χ3n) is 2.33. The second kappa shape index (κ2) is 4.91. The minimum atomic E-state index is -3.61. The van der Waals surface area contributed by atoms with Gasteiger partial charge in [0.05, 0.1) is 0 Å². The Hall–Kier alpha value is -0.660. The number of aliphatic carboxylic acids is 1. The maximum absolute atomic E-state index is 11.7. The second-order valence-corrected chi connectivity index (χ2v) is 5.21. The monoisotopic (exact) mass is 236 g/mol. The molecule has 0 unspecified atom stereocenters. The van der Waals surface area contributed by atoms with Crippen LogP contribution in [-0.4, -0.2) is 42.9 Å². The molecule has 1 rings (SSSR count). The van der Waals surface area contributed by atoms with E-state index in [1.54, 1.807) is 0 Å². The van der Waals surface area contributed by atoms with E-state index in [1.807, 2.05) is 6.92 Å². The fraction of sp³-hybridized carbons (Fsp3) is 0.875. The zero-order chi connectivity index (χ0) is 11.5. The summed E-state index contributed by atoms with van der Waals surface area (Å²) in [6.07, 6.45) is 1.68. The molecule has 0 amide bonds. The van der Waals surface area contributed by atoms with Crippen molar-refractivity contribution >= 4 is 16.2 Å². The van der Waals surface area contributed by atoms with Crippen LogP contribution in [0.3, 0.4) is 0 Å². The molecular weight excluding hydrogens is 220 g/mol. The summed E-state index contributed by atoms with van der Waals surface area (Å²) in [4.78, 5) is 10.8. The molecule has 0 aliphatic carbocycles. The molecule has 0 saturated carbocycles. The molecule has 7 heteroatoms. The van der Waals surface area contributed by atoms with E-state index in [9.17, 15) is 13.2 Å². The van der Waals surface area contributed by atoms with E-state index in [-0.39, 0.29) is 6.54 Å². The Morgan fingerprint density at radius 1 is 1.60 bits per heavy atom. The van der Waals surface area contributed by atoms with Gasteiger partial charge in [-0.25, -0.2) is 4.72 Å². The summed E-state index contributed by atoms with van der Waals surface area (Å²) in [5.41, 5.74) is 0. The minimum Gasteiger partial charge on any atom is -0.480 e. The Kier molecular flexibility index (Phi) is 4.06. The van der Waals surface area contributed by atoms with E-state index in [0.717, 1.165) is 4.31 Å². The highest BCUT2D eigenvalue weighted by Crippen LogP contribution is 2.20. The number of carboxylic acid groups (broad SMARTS) is 1. The second-order valence-electron chi connectivity index (χ2n) is 3.51. The molecule has 0 aromatic carbocycles. The van der Waals surface area contributed by atoms with Crippen LogP contribution in [0.25, 0.3) is 0 Å². The molecule has 2 N–H and O–H groups in total. The maximum Gasteiger partial charge on any atom is 0.322 e. The van der Waals surface area contributed by atoms with E-state index in [4.69, 9.17) is 5.11 Å². The van der Waals surface area contributed by atoms with Crippen LogP contribution >= 0.6 is 0 Å². The lowest BCUT2D eigenvalue weighted by Crippen LogP contribution is -2.46. The van der Waals surface area contributed by atoms with Crippen molar-refractivity contribution in [2.24, 2.45) is 0 Å². The Bertz CT molecular complexity index is 328. The van der Waals surface area contributed by atoms with E-state index in [2.05, 4.69) is 4.72 Å². The molecule has 0 aromatic rings. The molecule has 1 saturated heterocycles. The molecule has 0 radical (unpaired) electrons. The average molecular weight is 236 g/mol. The summed E-state index contributed by atoms with van der Waals surface area (Å²) in [5.74, 6) is -1.07. The minimum absolute atomic E-state index is 0.288. The molecule has 88 valence electrons. The normalized spacial score (nSPS) is 23.1. The first-order chi connectivity index (χ1) is 6.99.